The minimum Gasteiger partial charge on any atom is -0.476 e. The second kappa shape index (κ2) is 5.71. The van der Waals surface area contributed by atoms with Crippen LogP contribution in [-0.4, -0.2) is 18.7 Å². The van der Waals surface area contributed by atoms with Gasteiger partial charge in [0.1, 0.15) is 5.75 Å². The summed E-state index contributed by atoms with van der Waals surface area (Å²) in [4.78, 5) is 11.5. The average molecular weight is 248 g/mol. The summed E-state index contributed by atoms with van der Waals surface area (Å²) in [6, 6.07) is 7.65. The minimum atomic E-state index is -0.980. The van der Waals surface area contributed by atoms with Crippen LogP contribution < -0.4 is 4.74 Å². The first-order valence-electron chi connectivity index (χ1n) is 5.91. The van der Waals surface area contributed by atoms with E-state index in [-0.39, 0.29) is 0 Å². The Morgan fingerprint density at radius 3 is 2.22 bits per heavy atom. The molecule has 0 atom stereocenters. The number of hydrogen-bond donors (Lipinski definition) is 0. The van der Waals surface area contributed by atoms with Crippen molar-refractivity contribution in [2.75, 3.05) is 7.11 Å². The van der Waals surface area contributed by atoms with Crippen molar-refractivity contribution < 1.29 is 14.3 Å². The number of carbonyl (C=O) groups is 1. The first-order chi connectivity index (χ1) is 8.40. The van der Waals surface area contributed by atoms with Gasteiger partial charge in [-0.15, -0.1) is 0 Å². The summed E-state index contributed by atoms with van der Waals surface area (Å²) in [5.74, 6) is 0.259. The lowest BCUT2D eigenvalue weighted by Crippen LogP contribution is -2.39. The molecule has 3 nitrogen and oxygen atoms in total. The number of ether oxygens (including phenoxy) is 2. The van der Waals surface area contributed by atoms with Gasteiger partial charge in [-0.3, -0.25) is 0 Å². The van der Waals surface area contributed by atoms with Crippen LogP contribution in [0.5, 0.6) is 5.75 Å². The fourth-order valence-corrected chi connectivity index (χ4v) is 1.53. The maximum Gasteiger partial charge on any atom is 0.349 e. The van der Waals surface area contributed by atoms with Gasteiger partial charge in [-0.2, -0.15) is 0 Å². The molecule has 0 saturated heterocycles. The maximum absolute atomic E-state index is 11.5. The molecule has 0 N–H and O–H groups in total. The molecule has 0 aliphatic carbocycles. The Morgan fingerprint density at radius 1 is 1.22 bits per heavy atom. The summed E-state index contributed by atoms with van der Waals surface area (Å²) in [7, 11) is 1.35. The number of methoxy groups -OCH3 is 1. The summed E-state index contributed by atoms with van der Waals surface area (Å²) in [5.41, 5.74) is 1.36. The molecule has 0 heterocycles. The van der Waals surface area contributed by atoms with Crippen molar-refractivity contribution in [2.45, 2.75) is 33.3 Å². The summed E-state index contributed by atoms with van der Waals surface area (Å²) in [6.07, 6.45) is 2.05. The summed E-state index contributed by atoms with van der Waals surface area (Å²) in [6.45, 7) is 7.42. The van der Waals surface area contributed by atoms with Gasteiger partial charge in [0.15, 0.2) is 5.60 Å². The van der Waals surface area contributed by atoms with Crippen molar-refractivity contribution in [2.24, 2.45) is 0 Å². The standard InChI is InChI=1S/C15H20O3/c1-6-11(2)12-7-9-13(10-8-12)18-15(3,4)14(16)17-5/h6-10H,1-5H3/b11-6+. The van der Waals surface area contributed by atoms with Crippen LogP contribution in [0.15, 0.2) is 30.3 Å². The van der Waals surface area contributed by atoms with E-state index in [1.54, 1.807) is 13.8 Å². The van der Waals surface area contributed by atoms with E-state index in [1.165, 1.54) is 12.7 Å². The third-order valence-corrected chi connectivity index (χ3v) is 2.79. The Bertz CT molecular complexity index is 441. The molecule has 1 rings (SSSR count). The SMILES string of the molecule is C/C=C(\C)c1ccc(OC(C)(C)C(=O)OC)cc1. The van der Waals surface area contributed by atoms with Gasteiger partial charge in [-0.25, -0.2) is 4.79 Å². The first kappa shape index (κ1) is 14.3. The molecule has 0 radical (unpaired) electrons. The van der Waals surface area contributed by atoms with E-state index in [1.807, 2.05) is 44.2 Å². The zero-order valence-corrected chi connectivity index (χ0v) is 11.6. The molecule has 0 spiro atoms. The van der Waals surface area contributed by atoms with Crippen LogP contribution in [0.1, 0.15) is 33.3 Å². The van der Waals surface area contributed by atoms with Gasteiger partial charge in [0, 0.05) is 0 Å². The maximum atomic E-state index is 11.5. The third kappa shape index (κ3) is 3.36. The number of hydrogen-bond acceptors (Lipinski definition) is 3. The Morgan fingerprint density at radius 2 is 1.78 bits per heavy atom. The van der Waals surface area contributed by atoms with E-state index < -0.39 is 11.6 Å². The van der Waals surface area contributed by atoms with Crippen molar-refractivity contribution >= 4 is 11.5 Å². The highest BCUT2D eigenvalue weighted by Gasteiger charge is 2.30. The van der Waals surface area contributed by atoms with Crippen LogP contribution >= 0.6 is 0 Å². The van der Waals surface area contributed by atoms with Crippen LogP contribution in [0, 0.1) is 0 Å². The highest BCUT2D eigenvalue weighted by Crippen LogP contribution is 2.22. The molecule has 0 bridgehead atoms. The summed E-state index contributed by atoms with van der Waals surface area (Å²) in [5, 5.41) is 0. The van der Waals surface area contributed by atoms with Crippen LogP contribution in [-0.2, 0) is 9.53 Å². The predicted octanol–water partition coefficient (Wildman–Crippen LogP) is 3.44. The smallest absolute Gasteiger partial charge is 0.349 e. The number of carbonyl (C=O) groups excluding carboxylic acids is 1. The van der Waals surface area contributed by atoms with E-state index in [9.17, 15) is 4.79 Å². The molecule has 0 fully saturated rings. The van der Waals surface area contributed by atoms with Gasteiger partial charge in [0.2, 0.25) is 0 Å². The number of allylic oxidation sites excluding steroid dienone is 2. The zero-order valence-electron chi connectivity index (χ0n) is 11.6. The fourth-order valence-electron chi connectivity index (χ4n) is 1.53. The Hall–Kier alpha value is -1.77. The molecular weight excluding hydrogens is 228 g/mol. The molecule has 98 valence electrons. The van der Waals surface area contributed by atoms with Crippen molar-refractivity contribution in [3.63, 3.8) is 0 Å². The van der Waals surface area contributed by atoms with Crippen LogP contribution in [0.3, 0.4) is 0 Å². The molecule has 0 aliphatic rings. The minimum absolute atomic E-state index is 0.392. The summed E-state index contributed by atoms with van der Waals surface area (Å²) < 4.78 is 10.3. The molecule has 18 heavy (non-hydrogen) atoms. The van der Waals surface area contributed by atoms with E-state index >= 15 is 0 Å². The Balaban J connectivity index is 2.84. The van der Waals surface area contributed by atoms with Gasteiger partial charge in [0.25, 0.3) is 0 Å². The molecule has 0 amide bonds. The Labute approximate surface area is 108 Å². The largest absolute Gasteiger partial charge is 0.476 e. The second-order valence-corrected chi connectivity index (χ2v) is 4.60. The summed E-state index contributed by atoms with van der Waals surface area (Å²) >= 11 is 0. The van der Waals surface area contributed by atoms with E-state index in [2.05, 4.69) is 0 Å². The van der Waals surface area contributed by atoms with Crippen molar-refractivity contribution in [1.29, 1.82) is 0 Å². The molecule has 0 aromatic heterocycles. The average Bonchev–Trinajstić information content (AvgIpc) is 2.37. The van der Waals surface area contributed by atoms with Gasteiger partial charge in [-0.05, 0) is 51.0 Å². The monoisotopic (exact) mass is 248 g/mol. The number of rotatable bonds is 4. The highest BCUT2D eigenvalue weighted by molar-refractivity contribution is 5.78. The Kier molecular flexibility index (Phi) is 4.54. The second-order valence-electron chi connectivity index (χ2n) is 4.60. The van der Waals surface area contributed by atoms with Crippen molar-refractivity contribution in [3.8, 4) is 5.75 Å². The lowest BCUT2D eigenvalue weighted by atomic mass is 10.1. The lowest BCUT2D eigenvalue weighted by Gasteiger charge is -2.23. The van der Waals surface area contributed by atoms with Crippen molar-refractivity contribution in [1.82, 2.24) is 0 Å². The molecule has 1 aromatic rings. The van der Waals surface area contributed by atoms with Gasteiger partial charge >= 0.3 is 5.97 Å². The zero-order chi connectivity index (χ0) is 13.8. The molecule has 0 aliphatic heterocycles. The highest BCUT2D eigenvalue weighted by atomic mass is 16.6. The molecular formula is C15H20O3. The van der Waals surface area contributed by atoms with Gasteiger partial charge in [-0.1, -0.05) is 18.2 Å². The van der Waals surface area contributed by atoms with Crippen LogP contribution in [0.2, 0.25) is 0 Å². The van der Waals surface area contributed by atoms with E-state index in [4.69, 9.17) is 9.47 Å². The molecule has 1 aromatic carbocycles. The number of benzene rings is 1. The predicted molar refractivity (Wildman–Crippen MR) is 72.5 cm³/mol. The van der Waals surface area contributed by atoms with E-state index in [0.29, 0.717) is 5.75 Å². The topological polar surface area (TPSA) is 35.5 Å². The lowest BCUT2D eigenvalue weighted by molar-refractivity contribution is -0.156. The normalized spacial score (nSPS) is 12.2. The van der Waals surface area contributed by atoms with Crippen molar-refractivity contribution in [3.05, 3.63) is 35.9 Å². The quantitative estimate of drug-likeness (QED) is 0.766. The van der Waals surface area contributed by atoms with E-state index in [0.717, 1.165) is 5.56 Å². The molecule has 3 heteroatoms. The molecule has 0 saturated carbocycles. The van der Waals surface area contributed by atoms with Gasteiger partial charge < -0.3 is 9.47 Å². The number of esters is 1. The van der Waals surface area contributed by atoms with Gasteiger partial charge in [0.05, 0.1) is 7.11 Å². The first-order valence-corrected chi connectivity index (χ1v) is 5.91. The van der Waals surface area contributed by atoms with Crippen LogP contribution in [0.25, 0.3) is 5.57 Å². The molecule has 0 unspecified atom stereocenters. The fraction of sp³-hybridized carbons (Fsp3) is 0.400. The third-order valence-electron chi connectivity index (χ3n) is 2.79. The van der Waals surface area contributed by atoms with Crippen LogP contribution in [0.4, 0.5) is 0 Å².